The van der Waals surface area contributed by atoms with E-state index in [2.05, 4.69) is 16.2 Å². The highest BCUT2D eigenvalue weighted by molar-refractivity contribution is 7.87. The summed E-state index contributed by atoms with van der Waals surface area (Å²) in [5.41, 5.74) is 6.84. The van der Waals surface area contributed by atoms with Gasteiger partial charge in [-0.25, -0.2) is 0 Å². The minimum absolute atomic E-state index is 0.0581. The van der Waals surface area contributed by atoms with Crippen molar-refractivity contribution in [2.45, 2.75) is 38.1 Å². The summed E-state index contributed by atoms with van der Waals surface area (Å²) in [5.74, 6) is 0.467. The Bertz CT molecular complexity index is 577. The quantitative estimate of drug-likeness (QED) is 0.881. The third-order valence-electron chi connectivity index (χ3n) is 4.59. The molecule has 0 saturated carbocycles. The van der Waals surface area contributed by atoms with Gasteiger partial charge in [-0.2, -0.15) is 17.4 Å². The second-order valence-electron chi connectivity index (χ2n) is 5.94. The van der Waals surface area contributed by atoms with Crippen LogP contribution in [0.25, 0.3) is 0 Å². The Kier molecular flexibility index (Phi) is 4.66. The van der Waals surface area contributed by atoms with Gasteiger partial charge >= 0.3 is 0 Å². The molecule has 21 heavy (non-hydrogen) atoms. The van der Waals surface area contributed by atoms with Crippen LogP contribution in [-0.4, -0.2) is 32.4 Å². The fraction of sp³-hybridized carbons (Fsp3) is 0.714. The number of fused-ring (bicyclic) bond motifs is 1. The van der Waals surface area contributed by atoms with Crippen LogP contribution in [0.15, 0.2) is 11.4 Å². The third-order valence-corrected chi connectivity index (χ3v) is 7.21. The van der Waals surface area contributed by atoms with Gasteiger partial charge in [0.2, 0.25) is 0 Å². The van der Waals surface area contributed by atoms with Crippen molar-refractivity contribution in [2.75, 3.05) is 19.6 Å². The van der Waals surface area contributed by atoms with Gasteiger partial charge in [-0.15, -0.1) is 11.3 Å². The van der Waals surface area contributed by atoms with Gasteiger partial charge in [-0.05, 0) is 61.6 Å². The summed E-state index contributed by atoms with van der Waals surface area (Å²) in [6.45, 7) is 1.82. The van der Waals surface area contributed by atoms with Gasteiger partial charge in [0.25, 0.3) is 10.2 Å². The highest BCUT2D eigenvalue weighted by Crippen LogP contribution is 2.34. The highest BCUT2D eigenvalue weighted by atomic mass is 32.2. The molecule has 3 rings (SSSR count). The van der Waals surface area contributed by atoms with Gasteiger partial charge in [-0.1, -0.05) is 0 Å². The summed E-state index contributed by atoms with van der Waals surface area (Å²) >= 11 is 1.73. The maximum atomic E-state index is 12.6. The summed E-state index contributed by atoms with van der Waals surface area (Å²) in [6, 6.07) is 2.00. The number of hydrogen-bond acceptors (Lipinski definition) is 4. The third kappa shape index (κ3) is 3.32. The van der Waals surface area contributed by atoms with E-state index in [0.29, 0.717) is 25.6 Å². The van der Waals surface area contributed by atoms with E-state index in [-0.39, 0.29) is 6.04 Å². The van der Waals surface area contributed by atoms with Gasteiger partial charge < -0.3 is 5.73 Å². The highest BCUT2D eigenvalue weighted by Gasteiger charge is 2.31. The Labute approximate surface area is 130 Å². The van der Waals surface area contributed by atoms with Crippen LogP contribution in [0.2, 0.25) is 0 Å². The zero-order valence-electron chi connectivity index (χ0n) is 12.1. The largest absolute Gasteiger partial charge is 0.330 e. The molecule has 1 aromatic heterocycles. The predicted octanol–water partition coefficient (Wildman–Crippen LogP) is 1.63. The molecule has 2 heterocycles. The molecule has 0 amide bonds. The Balaban J connectivity index is 1.68. The fourth-order valence-electron chi connectivity index (χ4n) is 3.25. The molecule has 0 aromatic carbocycles. The molecule has 1 atom stereocenters. The smallest absolute Gasteiger partial charge is 0.280 e. The Morgan fingerprint density at radius 2 is 2.10 bits per heavy atom. The molecule has 1 saturated heterocycles. The van der Waals surface area contributed by atoms with Crippen LogP contribution in [-0.2, 0) is 16.6 Å². The van der Waals surface area contributed by atoms with E-state index in [9.17, 15) is 8.42 Å². The monoisotopic (exact) mass is 329 g/mol. The molecule has 0 spiro atoms. The molecule has 118 valence electrons. The van der Waals surface area contributed by atoms with Crippen molar-refractivity contribution in [3.05, 3.63) is 21.9 Å². The van der Waals surface area contributed by atoms with Crippen LogP contribution < -0.4 is 10.5 Å². The molecule has 1 unspecified atom stereocenters. The summed E-state index contributed by atoms with van der Waals surface area (Å²) in [5, 5.41) is 2.06. The molecule has 2 aliphatic rings. The Morgan fingerprint density at radius 3 is 2.81 bits per heavy atom. The van der Waals surface area contributed by atoms with Crippen LogP contribution in [0.1, 0.15) is 42.2 Å². The molecular weight excluding hydrogens is 306 g/mol. The summed E-state index contributed by atoms with van der Waals surface area (Å²) in [7, 11) is -3.39. The first kappa shape index (κ1) is 15.4. The second-order valence-corrected chi connectivity index (χ2v) is 8.65. The number of nitrogens with zero attached hydrogens (tertiary/aromatic N) is 1. The maximum Gasteiger partial charge on any atom is 0.280 e. The van der Waals surface area contributed by atoms with Crippen LogP contribution in [0.3, 0.4) is 0 Å². The summed E-state index contributed by atoms with van der Waals surface area (Å²) in [4.78, 5) is 1.33. The van der Waals surface area contributed by atoms with Crippen molar-refractivity contribution in [3.8, 4) is 0 Å². The van der Waals surface area contributed by atoms with Crippen LogP contribution in [0.5, 0.6) is 0 Å². The predicted molar refractivity (Wildman–Crippen MR) is 85.4 cm³/mol. The zero-order chi connectivity index (χ0) is 14.9. The van der Waals surface area contributed by atoms with Gasteiger partial charge in [0.05, 0.1) is 0 Å². The van der Waals surface area contributed by atoms with Crippen LogP contribution in [0, 0.1) is 5.92 Å². The van der Waals surface area contributed by atoms with E-state index in [4.69, 9.17) is 5.73 Å². The molecule has 3 N–H and O–H groups in total. The van der Waals surface area contributed by atoms with E-state index >= 15 is 0 Å². The first-order valence-electron chi connectivity index (χ1n) is 7.64. The van der Waals surface area contributed by atoms with Crippen molar-refractivity contribution in [2.24, 2.45) is 11.7 Å². The Morgan fingerprint density at radius 1 is 1.33 bits per heavy atom. The summed E-state index contributed by atoms with van der Waals surface area (Å²) in [6.07, 6.45) is 4.75. The van der Waals surface area contributed by atoms with Crippen molar-refractivity contribution >= 4 is 21.5 Å². The van der Waals surface area contributed by atoms with Crippen molar-refractivity contribution in [3.63, 3.8) is 0 Å². The molecule has 1 aliphatic heterocycles. The average molecular weight is 329 g/mol. The zero-order valence-corrected chi connectivity index (χ0v) is 13.8. The number of piperidine rings is 1. The molecule has 5 nitrogen and oxygen atoms in total. The molecule has 1 aliphatic carbocycles. The fourth-order valence-corrected chi connectivity index (χ4v) is 5.68. The lowest BCUT2D eigenvalue weighted by Gasteiger charge is -2.32. The number of thiophene rings is 1. The molecule has 1 fully saturated rings. The van der Waals surface area contributed by atoms with Crippen molar-refractivity contribution in [1.82, 2.24) is 9.03 Å². The van der Waals surface area contributed by atoms with E-state index < -0.39 is 10.2 Å². The Hall–Kier alpha value is -0.470. The lowest BCUT2D eigenvalue weighted by Crippen LogP contribution is -2.47. The number of nitrogens with one attached hydrogen (secondary N) is 1. The maximum absolute atomic E-state index is 12.6. The van der Waals surface area contributed by atoms with Crippen molar-refractivity contribution < 1.29 is 8.42 Å². The van der Waals surface area contributed by atoms with Gasteiger partial charge in [-0.3, -0.25) is 0 Å². The number of aryl methyl sites for hydroxylation is 1. The van der Waals surface area contributed by atoms with Crippen LogP contribution in [0.4, 0.5) is 0 Å². The lowest BCUT2D eigenvalue weighted by atomic mass is 9.95. The molecule has 1 aromatic rings. The molecule has 7 heteroatoms. The van der Waals surface area contributed by atoms with Crippen LogP contribution >= 0.6 is 11.3 Å². The number of hydrogen-bond donors (Lipinski definition) is 2. The molecule has 0 bridgehead atoms. The van der Waals surface area contributed by atoms with E-state index in [0.717, 1.165) is 32.1 Å². The second kappa shape index (κ2) is 6.34. The van der Waals surface area contributed by atoms with E-state index in [1.54, 1.807) is 15.6 Å². The standard InChI is InChI=1S/C14H23N3O2S2/c15-10-11-4-7-17(8-5-11)21(18,19)16-13-2-1-3-14-12(13)6-9-20-14/h6,9,11,13,16H,1-5,7-8,10,15H2. The molecular formula is C14H23N3O2S2. The lowest BCUT2D eigenvalue weighted by molar-refractivity contribution is 0.273. The first-order valence-corrected chi connectivity index (χ1v) is 9.96. The summed E-state index contributed by atoms with van der Waals surface area (Å²) < 4.78 is 29.6. The first-order chi connectivity index (χ1) is 10.1. The van der Waals surface area contributed by atoms with Gasteiger partial charge in [0.15, 0.2) is 0 Å². The van der Waals surface area contributed by atoms with Gasteiger partial charge in [0.1, 0.15) is 0 Å². The van der Waals surface area contributed by atoms with Crippen molar-refractivity contribution in [1.29, 1.82) is 0 Å². The normalized spacial score (nSPS) is 24.9. The molecule has 0 radical (unpaired) electrons. The average Bonchev–Trinajstić information content (AvgIpc) is 2.97. The number of rotatable bonds is 4. The topological polar surface area (TPSA) is 75.4 Å². The van der Waals surface area contributed by atoms with E-state index in [1.165, 1.54) is 10.4 Å². The van der Waals surface area contributed by atoms with E-state index in [1.807, 2.05) is 0 Å². The minimum Gasteiger partial charge on any atom is -0.330 e. The van der Waals surface area contributed by atoms with Gasteiger partial charge in [0, 0.05) is 24.0 Å². The number of nitrogens with two attached hydrogens (primary N) is 1. The minimum atomic E-state index is -3.39. The SMILES string of the molecule is NCC1CCN(S(=O)(=O)NC2CCCc3sccc32)CC1.